The lowest BCUT2D eigenvalue weighted by molar-refractivity contribution is 0.610. The van der Waals surface area contributed by atoms with Crippen molar-refractivity contribution in [3.05, 3.63) is 29.1 Å². The Morgan fingerprint density at radius 2 is 1.87 bits per heavy atom. The van der Waals surface area contributed by atoms with Gasteiger partial charge < -0.3 is 5.73 Å². The number of aryl methyl sites for hydroxylation is 1. The number of halogens is 1. The van der Waals surface area contributed by atoms with Crippen LogP contribution in [0.5, 0.6) is 0 Å². The Hall–Kier alpha value is -0.540. The standard InChI is InChI=1S/C12H18FNS/c1-7(2)15-12-5-8(3)11(13)6-10(12)9(4)14/h5-7,9H,14H2,1-4H3/t9-/m0/s1. The fraction of sp³-hybridized carbons (Fsp3) is 0.500. The smallest absolute Gasteiger partial charge is 0.126 e. The second-order valence-electron chi connectivity index (χ2n) is 4.09. The maximum absolute atomic E-state index is 13.4. The summed E-state index contributed by atoms with van der Waals surface area (Å²) in [5, 5.41) is 0.479. The molecular formula is C12H18FNS. The van der Waals surface area contributed by atoms with Crippen LogP contribution in [-0.4, -0.2) is 5.25 Å². The quantitative estimate of drug-likeness (QED) is 0.798. The third kappa shape index (κ3) is 3.21. The van der Waals surface area contributed by atoms with Crippen LogP contribution >= 0.6 is 11.8 Å². The van der Waals surface area contributed by atoms with E-state index >= 15 is 0 Å². The molecule has 0 saturated carbocycles. The summed E-state index contributed by atoms with van der Waals surface area (Å²) in [6.07, 6.45) is 0. The fourth-order valence-corrected chi connectivity index (χ4v) is 2.52. The van der Waals surface area contributed by atoms with Gasteiger partial charge in [0.1, 0.15) is 5.82 Å². The Bertz CT molecular complexity index is 348. The maximum atomic E-state index is 13.4. The Labute approximate surface area is 95.2 Å². The Kier molecular flexibility index (Phi) is 4.17. The molecule has 0 amide bonds. The first kappa shape index (κ1) is 12.5. The van der Waals surface area contributed by atoms with Crippen LogP contribution in [0.25, 0.3) is 0 Å². The van der Waals surface area contributed by atoms with Gasteiger partial charge in [-0.3, -0.25) is 0 Å². The molecule has 3 heteroatoms. The van der Waals surface area contributed by atoms with Crippen molar-refractivity contribution in [2.75, 3.05) is 0 Å². The molecule has 1 atom stereocenters. The molecule has 0 aliphatic rings. The number of benzene rings is 1. The molecule has 15 heavy (non-hydrogen) atoms. The minimum Gasteiger partial charge on any atom is -0.324 e. The molecule has 0 unspecified atom stereocenters. The van der Waals surface area contributed by atoms with Crippen molar-refractivity contribution in [1.82, 2.24) is 0 Å². The Balaban J connectivity index is 3.16. The zero-order valence-electron chi connectivity index (χ0n) is 9.67. The summed E-state index contributed by atoms with van der Waals surface area (Å²) >= 11 is 1.73. The lowest BCUT2D eigenvalue weighted by atomic mass is 10.1. The summed E-state index contributed by atoms with van der Waals surface area (Å²) in [5.41, 5.74) is 7.41. The number of hydrogen-bond donors (Lipinski definition) is 1. The van der Waals surface area contributed by atoms with Gasteiger partial charge in [0.2, 0.25) is 0 Å². The molecule has 0 aliphatic carbocycles. The molecule has 0 fully saturated rings. The third-order valence-electron chi connectivity index (χ3n) is 2.14. The van der Waals surface area contributed by atoms with E-state index in [1.54, 1.807) is 24.8 Å². The van der Waals surface area contributed by atoms with Gasteiger partial charge in [-0.25, -0.2) is 4.39 Å². The summed E-state index contributed by atoms with van der Waals surface area (Å²) in [6, 6.07) is 3.32. The van der Waals surface area contributed by atoms with E-state index in [1.165, 1.54) is 0 Å². The van der Waals surface area contributed by atoms with Crippen LogP contribution < -0.4 is 5.73 Å². The maximum Gasteiger partial charge on any atom is 0.126 e. The van der Waals surface area contributed by atoms with Gasteiger partial charge in [-0.05, 0) is 37.1 Å². The van der Waals surface area contributed by atoms with E-state index < -0.39 is 0 Å². The SMILES string of the molecule is Cc1cc(SC(C)C)c([C@H](C)N)cc1F. The molecule has 1 rings (SSSR count). The second-order valence-corrected chi connectivity index (χ2v) is 5.71. The zero-order valence-corrected chi connectivity index (χ0v) is 10.5. The molecule has 0 saturated heterocycles. The first-order chi connectivity index (χ1) is 6.91. The molecule has 1 aromatic carbocycles. The van der Waals surface area contributed by atoms with E-state index in [0.717, 1.165) is 10.5 Å². The summed E-state index contributed by atoms with van der Waals surface area (Å²) in [7, 11) is 0. The van der Waals surface area contributed by atoms with Crippen LogP contribution in [0.2, 0.25) is 0 Å². The van der Waals surface area contributed by atoms with Gasteiger partial charge in [-0.1, -0.05) is 13.8 Å². The van der Waals surface area contributed by atoms with E-state index in [-0.39, 0.29) is 11.9 Å². The molecule has 1 aromatic rings. The normalized spacial score (nSPS) is 13.3. The molecule has 0 heterocycles. The minimum absolute atomic E-state index is 0.124. The van der Waals surface area contributed by atoms with Crippen molar-refractivity contribution in [3.63, 3.8) is 0 Å². The van der Waals surface area contributed by atoms with Crippen LogP contribution in [0.3, 0.4) is 0 Å². The third-order valence-corrected chi connectivity index (χ3v) is 3.22. The van der Waals surface area contributed by atoms with Crippen molar-refractivity contribution >= 4 is 11.8 Å². The van der Waals surface area contributed by atoms with E-state index in [1.807, 2.05) is 13.0 Å². The van der Waals surface area contributed by atoms with Crippen LogP contribution in [0.1, 0.15) is 37.9 Å². The Morgan fingerprint density at radius 1 is 1.27 bits per heavy atom. The summed E-state index contributed by atoms with van der Waals surface area (Å²) in [4.78, 5) is 1.10. The fourth-order valence-electron chi connectivity index (χ4n) is 1.38. The van der Waals surface area contributed by atoms with Crippen LogP contribution in [0.4, 0.5) is 4.39 Å². The topological polar surface area (TPSA) is 26.0 Å². The minimum atomic E-state index is -0.171. The van der Waals surface area contributed by atoms with Crippen molar-refractivity contribution in [3.8, 4) is 0 Å². The molecule has 0 aliphatic heterocycles. The first-order valence-corrected chi connectivity index (χ1v) is 6.02. The van der Waals surface area contributed by atoms with Gasteiger partial charge in [-0.2, -0.15) is 0 Å². The van der Waals surface area contributed by atoms with E-state index in [2.05, 4.69) is 13.8 Å². The first-order valence-electron chi connectivity index (χ1n) is 5.14. The molecular weight excluding hydrogens is 209 g/mol. The van der Waals surface area contributed by atoms with Crippen molar-refractivity contribution in [1.29, 1.82) is 0 Å². The second kappa shape index (κ2) is 4.99. The molecule has 0 radical (unpaired) electrons. The van der Waals surface area contributed by atoms with Gasteiger partial charge >= 0.3 is 0 Å². The Morgan fingerprint density at radius 3 is 2.33 bits per heavy atom. The number of thioether (sulfide) groups is 1. The highest BCUT2D eigenvalue weighted by Crippen LogP contribution is 2.31. The molecule has 1 nitrogen and oxygen atoms in total. The largest absolute Gasteiger partial charge is 0.324 e. The molecule has 2 N–H and O–H groups in total. The van der Waals surface area contributed by atoms with Crippen molar-refractivity contribution in [2.45, 2.75) is 43.9 Å². The average molecular weight is 227 g/mol. The predicted molar refractivity (Wildman–Crippen MR) is 64.7 cm³/mol. The van der Waals surface area contributed by atoms with Crippen LogP contribution in [0, 0.1) is 12.7 Å². The zero-order chi connectivity index (χ0) is 11.6. The van der Waals surface area contributed by atoms with Gasteiger partial charge in [0.15, 0.2) is 0 Å². The number of rotatable bonds is 3. The number of nitrogens with two attached hydrogens (primary N) is 1. The monoisotopic (exact) mass is 227 g/mol. The van der Waals surface area contributed by atoms with Gasteiger partial charge in [0.25, 0.3) is 0 Å². The van der Waals surface area contributed by atoms with Crippen LogP contribution in [0.15, 0.2) is 17.0 Å². The predicted octanol–water partition coefficient (Wildman–Crippen LogP) is 3.65. The van der Waals surface area contributed by atoms with Gasteiger partial charge in [0, 0.05) is 16.2 Å². The lowest BCUT2D eigenvalue weighted by Crippen LogP contribution is -2.08. The average Bonchev–Trinajstić information content (AvgIpc) is 2.09. The molecule has 0 aromatic heterocycles. The van der Waals surface area contributed by atoms with Crippen molar-refractivity contribution < 1.29 is 4.39 Å². The highest BCUT2D eigenvalue weighted by atomic mass is 32.2. The van der Waals surface area contributed by atoms with E-state index in [9.17, 15) is 4.39 Å². The summed E-state index contributed by atoms with van der Waals surface area (Å²) in [5.74, 6) is -0.171. The highest BCUT2D eigenvalue weighted by Gasteiger charge is 2.12. The summed E-state index contributed by atoms with van der Waals surface area (Å²) in [6.45, 7) is 7.90. The molecule has 0 spiro atoms. The highest BCUT2D eigenvalue weighted by molar-refractivity contribution is 8.00. The van der Waals surface area contributed by atoms with Crippen molar-refractivity contribution in [2.24, 2.45) is 5.73 Å². The molecule has 0 bridgehead atoms. The van der Waals surface area contributed by atoms with Gasteiger partial charge in [0.05, 0.1) is 0 Å². The summed E-state index contributed by atoms with van der Waals surface area (Å²) < 4.78 is 13.4. The lowest BCUT2D eigenvalue weighted by Gasteiger charge is -2.15. The molecule has 84 valence electrons. The van der Waals surface area contributed by atoms with E-state index in [4.69, 9.17) is 5.73 Å². The van der Waals surface area contributed by atoms with Crippen LogP contribution in [-0.2, 0) is 0 Å². The number of hydrogen-bond acceptors (Lipinski definition) is 2. The van der Waals surface area contributed by atoms with E-state index in [0.29, 0.717) is 10.8 Å². The van der Waals surface area contributed by atoms with Gasteiger partial charge in [-0.15, -0.1) is 11.8 Å².